The second kappa shape index (κ2) is 9.80. The number of nitrogens with zero attached hydrogens (tertiary/aromatic N) is 3. The van der Waals surface area contributed by atoms with Gasteiger partial charge in [-0.25, -0.2) is 10.1 Å². The molecule has 0 aliphatic carbocycles. The van der Waals surface area contributed by atoms with Gasteiger partial charge in [0.15, 0.2) is 0 Å². The van der Waals surface area contributed by atoms with Gasteiger partial charge < -0.3 is 25.6 Å². The minimum atomic E-state index is -0.307. The van der Waals surface area contributed by atoms with Crippen LogP contribution in [0.2, 0.25) is 0 Å². The molecule has 2 aromatic carbocycles. The van der Waals surface area contributed by atoms with Gasteiger partial charge in [-0.1, -0.05) is 30.3 Å². The summed E-state index contributed by atoms with van der Waals surface area (Å²) >= 11 is 0. The summed E-state index contributed by atoms with van der Waals surface area (Å²) in [6, 6.07) is 17.9. The number of H-pyrrole nitrogens is 1. The van der Waals surface area contributed by atoms with E-state index in [1.54, 1.807) is 13.3 Å². The van der Waals surface area contributed by atoms with Gasteiger partial charge in [-0.05, 0) is 23.8 Å². The Morgan fingerprint density at radius 3 is 2.71 bits per heavy atom. The first-order valence-corrected chi connectivity index (χ1v) is 11.3. The Morgan fingerprint density at radius 2 is 1.91 bits per heavy atom. The fourth-order valence-corrected chi connectivity index (χ4v) is 4.12. The standard InChI is InChI=1S/C25H27N7O2/c1-34-21-14-19(32-11-9-26-10-12-32)7-8-20(21)29-24-23-18(16-28-31-25(23)33)13-22(30-24)27-15-17-5-3-2-4-6-17/h2-8,13-14,16,26H,9-12,15H2,1H3,(H,31,33)(H2,27,29,30). The first-order chi connectivity index (χ1) is 16.7. The predicted molar refractivity (Wildman–Crippen MR) is 135 cm³/mol. The summed E-state index contributed by atoms with van der Waals surface area (Å²) in [4.78, 5) is 19.7. The lowest BCUT2D eigenvalue weighted by atomic mass is 10.2. The first kappa shape index (κ1) is 21.7. The van der Waals surface area contributed by atoms with Crippen LogP contribution in [-0.2, 0) is 6.54 Å². The van der Waals surface area contributed by atoms with E-state index in [0.29, 0.717) is 34.7 Å². The van der Waals surface area contributed by atoms with Gasteiger partial charge in [0.25, 0.3) is 5.56 Å². The molecular formula is C25H27N7O2. The number of fused-ring (bicyclic) bond motifs is 1. The third-order valence-electron chi connectivity index (χ3n) is 5.88. The maximum atomic E-state index is 12.6. The van der Waals surface area contributed by atoms with E-state index in [2.05, 4.69) is 37.1 Å². The van der Waals surface area contributed by atoms with Gasteiger partial charge in [-0.15, -0.1) is 0 Å². The molecule has 1 fully saturated rings. The highest BCUT2D eigenvalue weighted by Crippen LogP contribution is 2.33. The molecule has 4 N–H and O–H groups in total. The van der Waals surface area contributed by atoms with Crippen LogP contribution in [-0.4, -0.2) is 48.5 Å². The van der Waals surface area contributed by atoms with Gasteiger partial charge in [0, 0.05) is 49.9 Å². The summed E-state index contributed by atoms with van der Waals surface area (Å²) < 4.78 is 5.68. The molecule has 174 valence electrons. The largest absolute Gasteiger partial charge is 0.494 e. The Bertz CT molecular complexity index is 1330. The molecular weight excluding hydrogens is 430 g/mol. The number of nitrogens with one attached hydrogen (secondary N) is 4. The molecule has 3 heterocycles. The summed E-state index contributed by atoms with van der Waals surface area (Å²) in [6.45, 7) is 4.41. The molecule has 2 aromatic heterocycles. The molecule has 1 saturated heterocycles. The number of anilines is 4. The van der Waals surface area contributed by atoms with Crippen molar-refractivity contribution in [2.45, 2.75) is 6.54 Å². The van der Waals surface area contributed by atoms with Gasteiger partial charge >= 0.3 is 0 Å². The van der Waals surface area contributed by atoms with E-state index < -0.39 is 0 Å². The Kier molecular flexibility index (Phi) is 6.26. The normalized spacial score (nSPS) is 13.6. The molecule has 1 aliphatic heterocycles. The number of aromatic amines is 1. The van der Waals surface area contributed by atoms with Crippen LogP contribution >= 0.6 is 0 Å². The molecule has 5 rings (SSSR count). The monoisotopic (exact) mass is 457 g/mol. The molecule has 1 aliphatic rings. The lowest BCUT2D eigenvalue weighted by molar-refractivity contribution is 0.416. The summed E-state index contributed by atoms with van der Waals surface area (Å²) in [5.41, 5.74) is 2.65. The van der Waals surface area contributed by atoms with E-state index in [4.69, 9.17) is 9.72 Å². The third-order valence-corrected chi connectivity index (χ3v) is 5.88. The maximum Gasteiger partial charge on any atom is 0.275 e. The van der Waals surface area contributed by atoms with Crippen molar-refractivity contribution in [1.82, 2.24) is 20.5 Å². The van der Waals surface area contributed by atoms with Crippen LogP contribution in [0.4, 0.5) is 23.0 Å². The fraction of sp³-hybridized carbons (Fsp3) is 0.240. The van der Waals surface area contributed by atoms with Crippen LogP contribution in [0.5, 0.6) is 5.75 Å². The smallest absolute Gasteiger partial charge is 0.275 e. The Hall–Kier alpha value is -4.11. The number of pyridine rings is 1. The van der Waals surface area contributed by atoms with Crippen LogP contribution < -0.4 is 31.1 Å². The van der Waals surface area contributed by atoms with E-state index >= 15 is 0 Å². The van der Waals surface area contributed by atoms with Crippen LogP contribution in [0.25, 0.3) is 10.8 Å². The van der Waals surface area contributed by atoms with Crippen LogP contribution in [0, 0.1) is 0 Å². The number of aromatic nitrogens is 3. The zero-order valence-corrected chi connectivity index (χ0v) is 19.0. The second-order valence-corrected chi connectivity index (χ2v) is 8.11. The second-order valence-electron chi connectivity index (χ2n) is 8.11. The van der Waals surface area contributed by atoms with Crippen molar-refractivity contribution in [3.63, 3.8) is 0 Å². The number of ether oxygens (including phenoxy) is 1. The highest BCUT2D eigenvalue weighted by Gasteiger charge is 2.16. The SMILES string of the molecule is COc1cc(N2CCNCC2)ccc1Nc1nc(NCc2ccccc2)cc2cn[nH]c(=O)c12. The van der Waals surface area contributed by atoms with Crippen LogP contribution in [0.1, 0.15) is 5.56 Å². The topological polar surface area (TPSA) is 107 Å². The van der Waals surface area contributed by atoms with Gasteiger partial charge in [-0.2, -0.15) is 5.10 Å². The number of methoxy groups -OCH3 is 1. The van der Waals surface area contributed by atoms with Crippen molar-refractivity contribution in [3.05, 3.63) is 76.7 Å². The number of hydrogen-bond donors (Lipinski definition) is 4. The van der Waals surface area contributed by atoms with E-state index in [-0.39, 0.29) is 5.56 Å². The highest BCUT2D eigenvalue weighted by molar-refractivity contribution is 5.94. The van der Waals surface area contributed by atoms with E-state index in [1.807, 2.05) is 48.5 Å². The first-order valence-electron chi connectivity index (χ1n) is 11.3. The van der Waals surface area contributed by atoms with E-state index in [0.717, 1.165) is 43.1 Å². The molecule has 0 unspecified atom stereocenters. The lowest BCUT2D eigenvalue weighted by Gasteiger charge is -2.30. The number of piperazine rings is 1. The molecule has 9 nitrogen and oxygen atoms in total. The van der Waals surface area contributed by atoms with Crippen molar-refractivity contribution in [2.75, 3.05) is 48.8 Å². The van der Waals surface area contributed by atoms with Crippen LogP contribution in [0.3, 0.4) is 0 Å². The van der Waals surface area contributed by atoms with Gasteiger partial charge in [0.05, 0.1) is 24.4 Å². The third kappa shape index (κ3) is 4.65. The lowest BCUT2D eigenvalue weighted by Crippen LogP contribution is -2.43. The van der Waals surface area contributed by atoms with E-state index in [9.17, 15) is 4.79 Å². The van der Waals surface area contributed by atoms with Gasteiger partial charge in [-0.3, -0.25) is 4.79 Å². The molecule has 0 spiro atoms. The summed E-state index contributed by atoms with van der Waals surface area (Å²) in [7, 11) is 1.64. The molecule has 0 bridgehead atoms. The van der Waals surface area contributed by atoms with Crippen molar-refractivity contribution in [3.8, 4) is 5.75 Å². The van der Waals surface area contributed by atoms with Gasteiger partial charge in [0.2, 0.25) is 0 Å². The van der Waals surface area contributed by atoms with Crippen molar-refractivity contribution in [2.24, 2.45) is 0 Å². The Morgan fingerprint density at radius 1 is 1.09 bits per heavy atom. The summed E-state index contributed by atoms with van der Waals surface area (Å²) in [5, 5.41) is 17.6. The number of hydrogen-bond acceptors (Lipinski definition) is 8. The minimum absolute atomic E-state index is 0.307. The molecule has 34 heavy (non-hydrogen) atoms. The van der Waals surface area contributed by atoms with Crippen molar-refractivity contribution >= 4 is 33.8 Å². The van der Waals surface area contributed by atoms with Crippen molar-refractivity contribution < 1.29 is 4.74 Å². The quantitative estimate of drug-likeness (QED) is 0.335. The van der Waals surface area contributed by atoms with Crippen LogP contribution in [0.15, 0.2) is 65.6 Å². The molecule has 4 aromatic rings. The number of benzene rings is 2. The Balaban J connectivity index is 1.48. The Labute approximate surface area is 197 Å². The van der Waals surface area contributed by atoms with Crippen molar-refractivity contribution in [1.29, 1.82) is 0 Å². The molecule has 0 saturated carbocycles. The summed E-state index contributed by atoms with van der Waals surface area (Å²) in [5.74, 6) is 1.76. The molecule has 0 radical (unpaired) electrons. The highest BCUT2D eigenvalue weighted by atomic mass is 16.5. The summed E-state index contributed by atoms with van der Waals surface area (Å²) in [6.07, 6.45) is 1.63. The fourth-order valence-electron chi connectivity index (χ4n) is 4.12. The zero-order chi connectivity index (χ0) is 23.3. The maximum absolute atomic E-state index is 12.6. The van der Waals surface area contributed by atoms with E-state index in [1.165, 1.54) is 0 Å². The number of rotatable bonds is 7. The zero-order valence-electron chi connectivity index (χ0n) is 19.0. The molecule has 9 heteroatoms. The minimum Gasteiger partial charge on any atom is -0.494 e. The molecule has 0 amide bonds. The van der Waals surface area contributed by atoms with Gasteiger partial charge in [0.1, 0.15) is 17.4 Å². The molecule has 0 atom stereocenters. The average molecular weight is 458 g/mol. The average Bonchev–Trinajstić information content (AvgIpc) is 2.89. The predicted octanol–water partition coefficient (Wildman–Crippen LogP) is 3.09.